The highest BCUT2D eigenvalue weighted by Gasteiger charge is 2.31. The van der Waals surface area contributed by atoms with E-state index in [9.17, 15) is 9.59 Å². The topological polar surface area (TPSA) is 97.7 Å². The van der Waals surface area contributed by atoms with Crippen LogP contribution in [0.1, 0.15) is 22.9 Å². The SMILES string of the molecule is COc1ccccc1Cl.NC(=O)COc1ccc(C2c3[nH]c4ccc(Cl)cc4c3CCN2C=O)cc1. The Labute approximate surface area is 218 Å². The molecular formula is C27H25Cl2N3O4. The number of halogens is 2. The number of aromatic nitrogens is 1. The molecule has 0 fully saturated rings. The van der Waals surface area contributed by atoms with Gasteiger partial charge in [-0.3, -0.25) is 9.59 Å². The van der Waals surface area contributed by atoms with Crippen LogP contribution in [-0.2, 0) is 16.0 Å². The molecule has 1 atom stereocenters. The molecule has 0 radical (unpaired) electrons. The van der Waals surface area contributed by atoms with Crippen molar-refractivity contribution < 1.29 is 19.1 Å². The molecule has 186 valence electrons. The maximum atomic E-state index is 11.7. The molecule has 0 bridgehead atoms. The lowest BCUT2D eigenvalue weighted by Crippen LogP contribution is -2.34. The van der Waals surface area contributed by atoms with Crippen molar-refractivity contribution in [1.82, 2.24) is 9.88 Å². The second-order valence-electron chi connectivity index (χ2n) is 8.16. The second-order valence-corrected chi connectivity index (χ2v) is 9.01. The summed E-state index contributed by atoms with van der Waals surface area (Å²) in [4.78, 5) is 27.8. The number of nitrogens with zero attached hydrogens (tertiary/aromatic N) is 1. The third-order valence-corrected chi connectivity index (χ3v) is 6.44. The van der Waals surface area contributed by atoms with Crippen LogP contribution in [0, 0.1) is 0 Å². The van der Waals surface area contributed by atoms with E-state index in [0.29, 0.717) is 22.3 Å². The van der Waals surface area contributed by atoms with Crippen molar-refractivity contribution in [3.05, 3.63) is 93.6 Å². The minimum absolute atomic E-state index is 0.170. The van der Waals surface area contributed by atoms with Gasteiger partial charge in [-0.1, -0.05) is 47.5 Å². The van der Waals surface area contributed by atoms with E-state index in [1.165, 1.54) is 5.56 Å². The molecule has 7 nitrogen and oxygen atoms in total. The number of nitrogens with two attached hydrogens (primary N) is 1. The summed E-state index contributed by atoms with van der Waals surface area (Å²) < 4.78 is 10.2. The average Bonchev–Trinajstić information content (AvgIpc) is 3.25. The summed E-state index contributed by atoms with van der Waals surface area (Å²) in [6.45, 7) is 0.455. The lowest BCUT2D eigenvalue weighted by atomic mass is 9.93. The van der Waals surface area contributed by atoms with Crippen LogP contribution in [0.15, 0.2) is 66.7 Å². The van der Waals surface area contributed by atoms with Crippen LogP contribution < -0.4 is 15.2 Å². The zero-order chi connectivity index (χ0) is 25.7. The van der Waals surface area contributed by atoms with E-state index < -0.39 is 5.91 Å². The number of nitrogens with one attached hydrogen (secondary N) is 1. The summed E-state index contributed by atoms with van der Waals surface area (Å²) in [5, 5.41) is 2.43. The van der Waals surface area contributed by atoms with Crippen molar-refractivity contribution in [3.8, 4) is 11.5 Å². The number of para-hydroxylation sites is 1. The third kappa shape index (κ3) is 5.58. The molecule has 0 spiro atoms. The van der Waals surface area contributed by atoms with Crippen molar-refractivity contribution in [2.75, 3.05) is 20.3 Å². The van der Waals surface area contributed by atoms with Gasteiger partial charge in [0.25, 0.3) is 5.91 Å². The maximum absolute atomic E-state index is 11.7. The number of hydrogen-bond donors (Lipinski definition) is 2. The molecule has 3 aromatic carbocycles. The Morgan fingerprint density at radius 1 is 1.14 bits per heavy atom. The molecule has 1 aromatic heterocycles. The number of primary amides is 1. The Balaban J connectivity index is 0.000000286. The molecule has 2 heterocycles. The zero-order valence-corrected chi connectivity index (χ0v) is 21.1. The number of fused-ring (bicyclic) bond motifs is 3. The summed E-state index contributed by atoms with van der Waals surface area (Å²) in [7, 11) is 1.60. The van der Waals surface area contributed by atoms with Crippen molar-refractivity contribution >= 4 is 46.4 Å². The molecule has 1 aliphatic heterocycles. The van der Waals surface area contributed by atoms with Crippen molar-refractivity contribution in [3.63, 3.8) is 0 Å². The third-order valence-electron chi connectivity index (χ3n) is 5.90. The fourth-order valence-electron chi connectivity index (χ4n) is 4.26. The number of aromatic amines is 1. The van der Waals surface area contributed by atoms with Gasteiger partial charge in [0.2, 0.25) is 6.41 Å². The van der Waals surface area contributed by atoms with E-state index in [4.69, 9.17) is 38.4 Å². The van der Waals surface area contributed by atoms with E-state index in [-0.39, 0.29) is 12.6 Å². The first-order valence-corrected chi connectivity index (χ1v) is 12.0. The lowest BCUT2D eigenvalue weighted by Gasteiger charge is -2.33. The molecule has 36 heavy (non-hydrogen) atoms. The van der Waals surface area contributed by atoms with Gasteiger partial charge in [0.1, 0.15) is 11.5 Å². The van der Waals surface area contributed by atoms with Crippen LogP contribution >= 0.6 is 23.2 Å². The number of ether oxygens (including phenoxy) is 2. The Kier molecular flexibility index (Phi) is 8.03. The zero-order valence-electron chi connectivity index (χ0n) is 19.5. The van der Waals surface area contributed by atoms with Gasteiger partial charge in [-0.25, -0.2) is 0 Å². The smallest absolute Gasteiger partial charge is 0.255 e. The molecule has 1 unspecified atom stereocenters. The highest BCUT2D eigenvalue weighted by atomic mass is 35.5. The van der Waals surface area contributed by atoms with Crippen LogP contribution in [0.3, 0.4) is 0 Å². The first kappa shape index (κ1) is 25.4. The number of benzene rings is 3. The quantitative estimate of drug-likeness (QED) is 0.340. The number of carbonyl (C=O) groups is 2. The molecule has 0 saturated carbocycles. The number of methoxy groups -OCH3 is 1. The molecule has 9 heteroatoms. The fraction of sp³-hybridized carbons (Fsp3) is 0.185. The van der Waals surface area contributed by atoms with Crippen LogP contribution in [0.4, 0.5) is 0 Å². The summed E-state index contributed by atoms with van der Waals surface area (Å²) in [6, 6.07) is 20.2. The van der Waals surface area contributed by atoms with E-state index in [0.717, 1.165) is 40.7 Å². The van der Waals surface area contributed by atoms with Gasteiger partial charge in [0, 0.05) is 28.2 Å². The van der Waals surface area contributed by atoms with Gasteiger partial charge >= 0.3 is 0 Å². The second kappa shape index (κ2) is 11.4. The van der Waals surface area contributed by atoms with Gasteiger partial charge in [-0.05, 0) is 60.0 Å². The summed E-state index contributed by atoms with van der Waals surface area (Å²) in [5.41, 5.74) is 9.24. The average molecular weight is 526 g/mol. The molecule has 0 saturated heterocycles. The first-order chi connectivity index (χ1) is 17.4. The number of amides is 2. The minimum atomic E-state index is -0.528. The fourth-order valence-corrected chi connectivity index (χ4v) is 4.65. The van der Waals surface area contributed by atoms with Crippen LogP contribution in [0.25, 0.3) is 10.9 Å². The molecule has 1 aliphatic rings. The Morgan fingerprint density at radius 2 is 1.89 bits per heavy atom. The van der Waals surface area contributed by atoms with Gasteiger partial charge in [0.15, 0.2) is 6.61 Å². The molecule has 3 N–H and O–H groups in total. The van der Waals surface area contributed by atoms with Gasteiger partial charge < -0.3 is 25.1 Å². The first-order valence-electron chi connectivity index (χ1n) is 11.2. The minimum Gasteiger partial charge on any atom is -0.495 e. The standard InChI is InChI=1S/C20H18ClN3O3.C7H7ClO/c21-13-3-6-17-16(9-13)15-7-8-24(11-25)20(19(15)23-17)12-1-4-14(5-2-12)27-10-18(22)26;1-9-7-5-3-2-4-6(7)8/h1-6,9,11,20,23H,7-8,10H2,(H2,22,26);2-5H,1H3. The van der Waals surface area contributed by atoms with E-state index in [1.54, 1.807) is 30.2 Å². The maximum Gasteiger partial charge on any atom is 0.255 e. The number of rotatable bonds is 6. The highest BCUT2D eigenvalue weighted by Crippen LogP contribution is 2.38. The van der Waals surface area contributed by atoms with Gasteiger partial charge in [0.05, 0.1) is 18.2 Å². The van der Waals surface area contributed by atoms with Crippen molar-refractivity contribution in [1.29, 1.82) is 0 Å². The summed E-state index contributed by atoms with van der Waals surface area (Å²) in [5.74, 6) is 0.744. The Hall–Kier alpha value is -3.68. The normalized spacial score (nSPS) is 14.4. The predicted molar refractivity (Wildman–Crippen MR) is 141 cm³/mol. The van der Waals surface area contributed by atoms with Crippen molar-refractivity contribution in [2.45, 2.75) is 12.5 Å². The molecule has 4 aromatic rings. The number of carbonyl (C=O) groups excluding carboxylic acids is 2. The number of hydrogen-bond acceptors (Lipinski definition) is 4. The summed E-state index contributed by atoms with van der Waals surface area (Å²) >= 11 is 11.9. The molecule has 2 amide bonds. The van der Waals surface area contributed by atoms with Gasteiger partial charge in [-0.2, -0.15) is 0 Å². The summed E-state index contributed by atoms with van der Waals surface area (Å²) in [6.07, 6.45) is 1.65. The van der Waals surface area contributed by atoms with Crippen LogP contribution in [-0.4, -0.2) is 42.5 Å². The Bertz CT molecular complexity index is 1370. The molecular weight excluding hydrogens is 501 g/mol. The molecule has 5 rings (SSSR count). The van der Waals surface area contributed by atoms with Crippen molar-refractivity contribution in [2.24, 2.45) is 5.73 Å². The highest BCUT2D eigenvalue weighted by molar-refractivity contribution is 6.32. The largest absolute Gasteiger partial charge is 0.495 e. The molecule has 0 aliphatic carbocycles. The Morgan fingerprint density at radius 3 is 2.53 bits per heavy atom. The van der Waals surface area contributed by atoms with Gasteiger partial charge in [-0.15, -0.1) is 0 Å². The van der Waals surface area contributed by atoms with E-state index in [1.807, 2.05) is 48.5 Å². The monoisotopic (exact) mass is 525 g/mol. The predicted octanol–water partition coefficient (Wildman–Crippen LogP) is 5.14. The number of H-pyrrole nitrogens is 1. The van der Waals surface area contributed by atoms with Crippen LogP contribution in [0.2, 0.25) is 10.0 Å². The van der Waals surface area contributed by atoms with E-state index >= 15 is 0 Å². The lowest BCUT2D eigenvalue weighted by molar-refractivity contribution is -0.120. The van der Waals surface area contributed by atoms with E-state index in [2.05, 4.69) is 4.98 Å². The van der Waals surface area contributed by atoms with Crippen LogP contribution in [0.5, 0.6) is 11.5 Å².